The van der Waals surface area contributed by atoms with Gasteiger partial charge in [0, 0.05) is 4.90 Å². The number of esters is 1. The van der Waals surface area contributed by atoms with Gasteiger partial charge in [-0.3, -0.25) is 9.59 Å². The molecule has 0 radical (unpaired) electrons. The molecule has 5 heteroatoms. The van der Waals surface area contributed by atoms with Crippen molar-refractivity contribution in [2.24, 2.45) is 0 Å². The first-order valence-electron chi connectivity index (χ1n) is 7.72. The smallest absolute Gasteiger partial charge is 0.318 e. The van der Waals surface area contributed by atoms with E-state index in [1.165, 1.54) is 18.9 Å². The van der Waals surface area contributed by atoms with Crippen LogP contribution in [0.25, 0.3) is 0 Å². The summed E-state index contributed by atoms with van der Waals surface area (Å²) in [6.45, 7) is 3.71. The normalized spacial score (nSPS) is 13.0. The van der Waals surface area contributed by atoms with Crippen molar-refractivity contribution in [1.82, 2.24) is 5.32 Å². The molecule has 4 nitrogen and oxygen atoms in total. The first-order valence-corrected chi connectivity index (χ1v) is 8.60. The molecule has 0 saturated heterocycles. The van der Waals surface area contributed by atoms with Gasteiger partial charge in [0.25, 0.3) is 5.91 Å². The number of carbonyl (C=O) groups excluding carboxylic acids is 2. The molecule has 2 atom stereocenters. The van der Waals surface area contributed by atoms with Crippen molar-refractivity contribution >= 4 is 23.6 Å². The highest BCUT2D eigenvalue weighted by Gasteiger charge is 2.20. The van der Waals surface area contributed by atoms with Gasteiger partial charge < -0.3 is 10.1 Å². The number of carbonyl (C=O) groups is 2. The van der Waals surface area contributed by atoms with Crippen molar-refractivity contribution in [2.75, 3.05) is 7.11 Å². The highest BCUT2D eigenvalue weighted by atomic mass is 32.2. The molecule has 0 saturated carbocycles. The molecule has 1 N–H and O–H groups in total. The molecule has 24 heavy (non-hydrogen) atoms. The SMILES string of the molecule is COC(=O)[C@H](C)Sc1ccccc1C(=O)N[C@H](C)c1ccccc1. The van der Waals surface area contributed by atoms with E-state index in [2.05, 4.69) is 5.32 Å². The predicted octanol–water partition coefficient (Wildman–Crippen LogP) is 3.83. The zero-order chi connectivity index (χ0) is 17.5. The quantitative estimate of drug-likeness (QED) is 0.640. The van der Waals surface area contributed by atoms with Crippen LogP contribution in [0.1, 0.15) is 35.8 Å². The van der Waals surface area contributed by atoms with Crippen LogP contribution in [0.5, 0.6) is 0 Å². The van der Waals surface area contributed by atoms with Crippen LogP contribution < -0.4 is 5.32 Å². The molecule has 0 aliphatic heterocycles. The third-order valence-electron chi connectivity index (χ3n) is 3.62. The lowest BCUT2D eigenvalue weighted by atomic mass is 10.1. The van der Waals surface area contributed by atoms with Crippen molar-refractivity contribution in [1.29, 1.82) is 0 Å². The van der Waals surface area contributed by atoms with Gasteiger partial charge in [-0.05, 0) is 31.5 Å². The van der Waals surface area contributed by atoms with Crippen molar-refractivity contribution in [3.8, 4) is 0 Å². The number of nitrogens with one attached hydrogen (secondary N) is 1. The molecule has 0 aromatic heterocycles. The number of benzene rings is 2. The molecule has 0 heterocycles. The summed E-state index contributed by atoms with van der Waals surface area (Å²) in [4.78, 5) is 25.0. The largest absolute Gasteiger partial charge is 0.468 e. The fourth-order valence-electron chi connectivity index (χ4n) is 2.26. The maximum atomic E-state index is 12.6. The topological polar surface area (TPSA) is 55.4 Å². The summed E-state index contributed by atoms with van der Waals surface area (Å²) in [6, 6.07) is 17.0. The predicted molar refractivity (Wildman–Crippen MR) is 96.1 cm³/mol. The van der Waals surface area contributed by atoms with E-state index in [0.29, 0.717) is 5.56 Å². The Bertz CT molecular complexity index is 703. The summed E-state index contributed by atoms with van der Waals surface area (Å²) in [7, 11) is 1.36. The van der Waals surface area contributed by atoms with Crippen LogP contribution in [0.2, 0.25) is 0 Å². The summed E-state index contributed by atoms with van der Waals surface area (Å²) in [5.74, 6) is -0.473. The second-order valence-electron chi connectivity index (χ2n) is 5.39. The molecule has 126 valence electrons. The van der Waals surface area contributed by atoms with Gasteiger partial charge in [0.1, 0.15) is 5.25 Å². The fourth-order valence-corrected chi connectivity index (χ4v) is 3.28. The van der Waals surface area contributed by atoms with Gasteiger partial charge in [0.15, 0.2) is 0 Å². The highest BCUT2D eigenvalue weighted by Crippen LogP contribution is 2.28. The molecule has 0 bridgehead atoms. The first kappa shape index (κ1) is 18.1. The van der Waals surface area contributed by atoms with Crippen LogP contribution in [0.15, 0.2) is 59.5 Å². The van der Waals surface area contributed by atoms with Crippen molar-refractivity contribution < 1.29 is 14.3 Å². The summed E-state index contributed by atoms with van der Waals surface area (Å²) in [5.41, 5.74) is 1.60. The van der Waals surface area contributed by atoms with Crippen LogP contribution in [-0.4, -0.2) is 24.2 Å². The van der Waals surface area contributed by atoms with Gasteiger partial charge in [-0.1, -0.05) is 42.5 Å². The third-order valence-corrected chi connectivity index (χ3v) is 4.77. The molecule has 0 aliphatic carbocycles. The van der Waals surface area contributed by atoms with Crippen LogP contribution in [0.4, 0.5) is 0 Å². The van der Waals surface area contributed by atoms with Crippen molar-refractivity contribution in [2.45, 2.75) is 30.0 Å². The average Bonchev–Trinajstić information content (AvgIpc) is 2.62. The van der Waals surface area contributed by atoms with Crippen molar-refractivity contribution in [3.05, 3.63) is 65.7 Å². The number of rotatable bonds is 6. The van der Waals surface area contributed by atoms with Gasteiger partial charge in [0.05, 0.1) is 18.7 Å². The monoisotopic (exact) mass is 343 g/mol. The minimum absolute atomic E-state index is 0.102. The average molecular weight is 343 g/mol. The van der Waals surface area contributed by atoms with Crippen LogP contribution in [0.3, 0.4) is 0 Å². The molecule has 2 rings (SSSR count). The van der Waals surface area contributed by atoms with E-state index in [1.807, 2.05) is 55.5 Å². The second-order valence-corrected chi connectivity index (χ2v) is 6.77. The Labute approximate surface area is 146 Å². The van der Waals surface area contributed by atoms with Gasteiger partial charge in [-0.15, -0.1) is 11.8 Å². The second kappa shape index (κ2) is 8.55. The fraction of sp³-hybridized carbons (Fsp3) is 0.263. The van der Waals surface area contributed by atoms with E-state index in [0.717, 1.165) is 10.5 Å². The van der Waals surface area contributed by atoms with Crippen LogP contribution in [-0.2, 0) is 9.53 Å². The summed E-state index contributed by atoms with van der Waals surface area (Å²) < 4.78 is 4.75. The molecular weight excluding hydrogens is 322 g/mol. The highest BCUT2D eigenvalue weighted by molar-refractivity contribution is 8.00. The summed E-state index contributed by atoms with van der Waals surface area (Å²) >= 11 is 1.32. The van der Waals surface area contributed by atoms with Gasteiger partial charge >= 0.3 is 5.97 Å². The number of thioether (sulfide) groups is 1. The number of hydrogen-bond acceptors (Lipinski definition) is 4. The Morgan fingerprint density at radius 1 is 1.00 bits per heavy atom. The van der Waals surface area contributed by atoms with Gasteiger partial charge in [-0.25, -0.2) is 0 Å². The van der Waals surface area contributed by atoms with Gasteiger partial charge in [0.2, 0.25) is 0 Å². The maximum Gasteiger partial charge on any atom is 0.318 e. The number of hydrogen-bond donors (Lipinski definition) is 1. The Morgan fingerprint density at radius 2 is 1.62 bits per heavy atom. The molecular formula is C19H21NO3S. The molecule has 2 aromatic rings. The van der Waals surface area contributed by atoms with E-state index < -0.39 is 0 Å². The summed E-state index contributed by atoms with van der Waals surface area (Å²) in [5, 5.41) is 2.62. The van der Waals surface area contributed by atoms with E-state index in [4.69, 9.17) is 4.74 Å². The first-order chi connectivity index (χ1) is 11.5. The molecule has 0 fully saturated rings. The van der Waals surface area contributed by atoms with Crippen molar-refractivity contribution in [3.63, 3.8) is 0 Å². The maximum absolute atomic E-state index is 12.6. The number of amides is 1. The van der Waals surface area contributed by atoms with Gasteiger partial charge in [-0.2, -0.15) is 0 Å². The molecule has 0 spiro atoms. The lowest BCUT2D eigenvalue weighted by Crippen LogP contribution is -2.27. The molecule has 2 aromatic carbocycles. The third kappa shape index (κ3) is 4.61. The molecule has 0 aliphatic rings. The lowest BCUT2D eigenvalue weighted by Gasteiger charge is -2.17. The minimum Gasteiger partial charge on any atom is -0.468 e. The number of ether oxygens (including phenoxy) is 1. The Morgan fingerprint density at radius 3 is 2.29 bits per heavy atom. The van der Waals surface area contributed by atoms with E-state index in [9.17, 15) is 9.59 Å². The van der Waals surface area contributed by atoms with E-state index in [1.54, 1.807) is 13.0 Å². The Kier molecular flexibility index (Phi) is 6.44. The van der Waals surface area contributed by atoms with Crippen LogP contribution >= 0.6 is 11.8 Å². The Hall–Kier alpha value is -2.27. The lowest BCUT2D eigenvalue weighted by molar-refractivity contribution is -0.139. The molecule has 0 unspecified atom stereocenters. The van der Waals surface area contributed by atoms with E-state index >= 15 is 0 Å². The van der Waals surface area contributed by atoms with E-state index in [-0.39, 0.29) is 23.2 Å². The zero-order valence-corrected chi connectivity index (χ0v) is 14.8. The summed E-state index contributed by atoms with van der Waals surface area (Å²) in [6.07, 6.45) is 0. The molecule has 1 amide bonds. The minimum atomic E-state index is -0.379. The Balaban J connectivity index is 2.13. The van der Waals surface area contributed by atoms with Crippen LogP contribution in [0, 0.1) is 0 Å². The standard InChI is InChI=1S/C19H21NO3S/c1-13(15-9-5-4-6-10-15)20-18(21)16-11-7-8-12-17(16)24-14(2)19(22)23-3/h4-14H,1-3H3,(H,20,21)/t13-,14+/m1/s1. The number of methoxy groups -OCH3 is 1. The zero-order valence-electron chi connectivity index (χ0n) is 14.0.